The summed E-state index contributed by atoms with van der Waals surface area (Å²) in [5.41, 5.74) is 8.43. The maximum Gasteiger partial charge on any atom is 0.153 e. The highest BCUT2D eigenvalue weighted by molar-refractivity contribution is 6.33. The second-order valence-electron chi connectivity index (χ2n) is 4.23. The van der Waals surface area contributed by atoms with Crippen molar-refractivity contribution < 1.29 is 4.39 Å². The molecule has 100 valence electrons. The molecule has 0 spiro atoms. The molecule has 20 heavy (non-hydrogen) atoms. The minimum absolute atomic E-state index is 0.303. The van der Waals surface area contributed by atoms with Crippen molar-refractivity contribution in [3.8, 4) is 22.4 Å². The van der Waals surface area contributed by atoms with Crippen LogP contribution in [0, 0.1) is 5.82 Å². The number of nitrogens with one attached hydrogen (secondary N) is 1. The molecule has 0 unspecified atom stereocenters. The Morgan fingerprint density at radius 3 is 2.75 bits per heavy atom. The van der Waals surface area contributed by atoms with Gasteiger partial charge in [-0.15, -0.1) is 0 Å². The molecule has 0 aliphatic heterocycles. The molecule has 1 aromatic carbocycles. The van der Waals surface area contributed by atoms with Gasteiger partial charge in [-0.2, -0.15) is 5.10 Å². The average molecular weight is 289 g/mol. The number of pyridine rings is 1. The summed E-state index contributed by atoms with van der Waals surface area (Å²) < 4.78 is 13.3. The summed E-state index contributed by atoms with van der Waals surface area (Å²) in [4.78, 5) is 3.83. The summed E-state index contributed by atoms with van der Waals surface area (Å²) in [7, 11) is 0. The first-order valence-electron chi connectivity index (χ1n) is 5.86. The predicted octanol–water partition coefficient (Wildman–Crippen LogP) is 3.51. The Morgan fingerprint density at radius 1 is 1.20 bits per heavy atom. The van der Waals surface area contributed by atoms with Gasteiger partial charge in [-0.25, -0.2) is 4.39 Å². The fourth-order valence-corrected chi connectivity index (χ4v) is 2.28. The first-order chi connectivity index (χ1) is 9.66. The second-order valence-corrected chi connectivity index (χ2v) is 4.64. The lowest BCUT2D eigenvalue weighted by atomic mass is 10.0. The van der Waals surface area contributed by atoms with Crippen LogP contribution in [-0.2, 0) is 0 Å². The predicted molar refractivity (Wildman–Crippen MR) is 76.6 cm³/mol. The lowest BCUT2D eigenvalue weighted by Gasteiger charge is -2.06. The zero-order chi connectivity index (χ0) is 14.1. The first-order valence-corrected chi connectivity index (χ1v) is 6.24. The van der Waals surface area contributed by atoms with Crippen LogP contribution in [0.3, 0.4) is 0 Å². The molecular weight excluding hydrogens is 279 g/mol. The van der Waals surface area contributed by atoms with Gasteiger partial charge in [-0.1, -0.05) is 29.8 Å². The third-order valence-electron chi connectivity index (χ3n) is 2.93. The molecule has 0 aliphatic carbocycles. The molecule has 0 radical (unpaired) electrons. The molecule has 3 rings (SSSR count). The monoisotopic (exact) mass is 288 g/mol. The summed E-state index contributed by atoms with van der Waals surface area (Å²) in [5.74, 6) is -0.127. The molecule has 3 aromatic rings. The number of nitrogens with zero attached hydrogens (tertiary/aromatic N) is 2. The molecule has 4 nitrogen and oxygen atoms in total. The fraction of sp³-hybridized carbons (Fsp3) is 0. The molecule has 3 N–H and O–H groups in total. The van der Waals surface area contributed by atoms with Gasteiger partial charge in [0.05, 0.1) is 17.5 Å². The van der Waals surface area contributed by atoms with Crippen LogP contribution >= 0.6 is 11.6 Å². The van der Waals surface area contributed by atoms with E-state index < -0.39 is 5.82 Å². The normalized spacial score (nSPS) is 10.7. The van der Waals surface area contributed by atoms with E-state index in [0.717, 1.165) is 11.8 Å². The number of hydrogen-bond acceptors (Lipinski definition) is 3. The number of aromatic amines is 1. The lowest BCUT2D eigenvalue weighted by Crippen LogP contribution is -1.90. The van der Waals surface area contributed by atoms with Crippen LogP contribution < -0.4 is 5.73 Å². The highest BCUT2D eigenvalue weighted by Crippen LogP contribution is 2.37. The van der Waals surface area contributed by atoms with Gasteiger partial charge >= 0.3 is 0 Å². The Balaban J connectivity index is 2.23. The largest absolute Gasteiger partial charge is 0.382 e. The van der Waals surface area contributed by atoms with Crippen LogP contribution in [0.2, 0.25) is 5.02 Å². The van der Waals surface area contributed by atoms with Crippen molar-refractivity contribution >= 4 is 17.4 Å². The molecule has 0 fully saturated rings. The van der Waals surface area contributed by atoms with E-state index in [1.165, 1.54) is 12.3 Å². The van der Waals surface area contributed by atoms with E-state index >= 15 is 0 Å². The van der Waals surface area contributed by atoms with Crippen LogP contribution in [0.5, 0.6) is 0 Å². The number of nitrogens with two attached hydrogens (primary N) is 1. The summed E-state index contributed by atoms with van der Waals surface area (Å²) in [6.45, 7) is 0. The number of rotatable bonds is 2. The van der Waals surface area contributed by atoms with Crippen molar-refractivity contribution in [1.29, 1.82) is 0 Å². The third-order valence-corrected chi connectivity index (χ3v) is 3.26. The van der Waals surface area contributed by atoms with Gasteiger partial charge in [0.25, 0.3) is 0 Å². The van der Waals surface area contributed by atoms with E-state index in [4.69, 9.17) is 17.3 Å². The van der Waals surface area contributed by atoms with Crippen molar-refractivity contribution in [2.75, 3.05) is 5.73 Å². The Labute approximate surface area is 119 Å². The number of halogens is 2. The zero-order valence-corrected chi connectivity index (χ0v) is 11.0. The van der Waals surface area contributed by atoms with E-state index in [1.54, 1.807) is 6.07 Å². The zero-order valence-electron chi connectivity index (χ0n) is 10.3. The molecule has 2 heterocycles. The van der Waals surface area contributed by atoms with Crippen molar-refractivity contribution in [3.63, 3.8) is 0 Å². The smallest absolute Gasteiger partial charge is 0.153 e. The first kappa shape index (κ1) is 12.6. The van der Waals surface area contributed by atoms with E-state index in [2.05, 4.69) is 15.2 Å². The highest BCUT2D eigenvalue weighted by Gasteiger charge is 2.17. The molecule has 0 saturated carbocycles. The van der Waals surface area contributed by atoms with Gasteiger partial charge in [-0.3, -0.25) is 10.1 Å². The third kappa shape index (κ3) is 2.12. The number of aromatic nitrogens is 3. The Kier molecular flexibility index (Phi) is 3.12. The van der Waals surface area contributed by atoms with Gasteiger partial charge in [-0.05, 0) is 12.1 Å². The van der Waals surface area contributed by atoms with Crippen LogP contribution in [0.4, 0.5) is 10.2 Å². The number of nitrogen functional groups attached to an aromatic ring is 1. The van der Waals surface area contributed by atoms with Crippen molar-refractivity contribution in [2.45, 2.75) is 0 Å². The van der Waals surface area contributed by atoms with E-state index in [1.807, 2.05) is 18.2 Å². The van der Waals surface area contributed by atoms with Crippen LogP contribution in [-0.4, -0.2) is 15.2 Å². The number of anilines is 1. The molecule has 0 saturated heterocycles. The minimum atomic E-state index is -0.430. The van der Waals surface area contributed by atoms with Gasteiger partial charge in [0.15, 0.2) is 5.82 Å². The van der Waals surface area contributed by atoms with E-state index in [-0.39, 0.29) is 0 Å². The molecular formula is C14H10ClFN4. The second kappa shape index (κ2) is 4.94. The molecule has 0 atom stereocenters. The van der Waals surface area contributed by atoms with Gasteiger partial charge in [0.2, 0.25) is 0 Å². The molecule has 0 amide bonds. The number of hydrogen-bond donors (Lipinski definition) is 2. The maximum atomic E-state index is 13.3. The van der Waals surface area contributed by atoms with Crippen LogP contribution in [0.1, 0.15) is 0 Å². The fourth-order valence-electron chi connectivity index (χ4n) is 2.05. The summed E-state index contributed by atoms with van der Waals surface area (Å²) in [5, 5.41) is 7.33. The Hall–Kier alpha value is -2.40. The summed E-state index contributed by atoms with van der Waals surface area (Å²) >= 11 is 6.19. The molecule has 6 heteroatoms. The van der Waals surface area contributed by atoms with Crippen molar-refractivity contribution in [1.82, 2.24) is 15.2 Å². The average Bonchev–Trinajstić information content (AvgIpc) is 2.81. The van der Waals surface area contributed by atoms with E-state index in [9.17, 15) is 4.39 Å². The Bertz CT molecular complexity index is 769. The van der Waals surface area contributed by atoms with Gasteiger partial charge < -0.3 is 5.73 Å². The van der Waals surface area contributed by atoms with Crippen LogP contribution in [0.25, 0.3) is 22.4 Å². The minimum Gasteiger partial charge on any atom is -0.382 e. The lowest BCUT2D eigenvalue weighted by molar-refractivity contribution is 0.622. The summed E-state index contributed by atoms with van der Waals surface area (Å²) in [6, 6.07) is 8.63. The number of benzene rings is 1. The quantitative estimate of drug-likeness (QED) is 0.758. The van der Waals surface area contributed by atoms with Crippen molar-refractivity contribution in [2.24, 2.45) is 0 Å². The summed E-state index contributed by atoms with van der Waals surface area (Å²) in [6.07, 6.45) is 2.68. The van der Waals surface area contributed by atoms with E-state index in [0.29, 0.717) is 27.7 Å². The van der Waals surface area contributed by atoms with Gasteiger partial charge in [0, 0.05) is 22.3 Å². The standard InChI is InChI=1S/C14H10ClFN4/c15-11-4-2-1-3-10(11)12-13(19-20-14(12)17)8-5-9(16)7-18-6-8/h1-7H,(H3,17,19,20). The topological polar surface area (TPSA) is 67.6 Å². The van der Waals surface area contributed by atoms with Crippen LogP contribution in [0.15, 0.2) is 42.7 Å². The van der Waals surface area contributed by atoms with Crippen molar-refractivity contribution in [3.05, 3.63) is 53.6 Å². The molecule has 0 aliphatic rings. The SMILES string of the molecule is Nc1n[nH]c(-c2cncc(F)c2)c1-c1ccccc1Cl. The van der Waals surface area contributed by atoms with Gasteiger partial charge in [0.1, 0.15) is 5.82 Å². The molecule has 0 bridgehead atoms. The highest BCUT2D eigenvalue weighted by atomic mass is 35.5. The molecule has 2 aromatic heterocycles. The Morgan fingerprint density at radius 2 is 2.00 bits per heavy atom. The number of H-pyrrole nitrogens is 1. The maximum absolute atomic E-state index is 13.3.